The van der Waals surface area contributed by atoms with Crippen molar-refractivity contribution in [3.05, 3.63) is 35.4 Å². The number of likely N-dealkylation sites (tertiary alicyclic amines) is 1. The third kappa shape index (κ3) is 2.24. The molecule has 0 bridgehead atoms. The predicted molar refractivity (Wildman–Crippen MR) is 78.3 cm³/mol. The van der Waals surface area contributed by atoms with E-state index in [-0.39, 0.29) is 0 Å². The molecular weight excluding hydrogens is 248 g/mol. The molecule has 2 fully saturated rings. The summed E-state index contributed by atoms with van der Waals surface area (Å²) in [6.07, 6.45) is 4.55. The van der Waals surface area contributed by atoms with Crippen LogP contribution in [0.3, 0.4) is 0 Å². The highest BCUT2D eigenvalue weighted by Gasteiger charge is 2.38. The van der Waals surface area contributed by atoms with Crippen molar-refractivity contribution in [1.29, 1.82) is 0 Å². The molecule has 2 heterocycles. The fraction of sp³-hybridized carbons (Fsp3) is 0.588. The predicted octanol–water partition coefficient (Wildman–Crippen LogP) is 2.06. The lowest BCUT2D eigenvalue weighted by Crippen LogP contribution is -2.41. The van der Waals surface area contributed by atoms with Gasteiger partial charge in [0.15, 0.2) is 0 Å². The summed E-state index contributed by atoms with van der Waals surface area (Å²) >= 11 is 0. The molecule has 1 saturated heterocycles. The zero-order chi connectivity index (χ0) is 13.5. The summed E-state index contributed by atoms with van der Waals surface area (Å²) in [6, 6.07) is 9.36. The number of fused-ring (bicyclic) bond motifs is 1. The van der Waals surface area contributed by atoms with Gasteiger partial charge in [-0.15, -0.1) is 0 Å². The van der Waals surface area contributed by atoms with E-state index in [1.165, 1.54) is 11.1 Å². The maximum absolute atomic E-state index is 12.1. The van der Waals surface area contributed by atoms with Crippen molar-refractivity contribution in [2.24, 2.45) is 5.92 Å². The average molecular weight is 270 g/mol. The smallest absolute Gasteiger partial charge is 0.225 e. The van der Waals surface area contributed by atoms with E-state index in [9.17, 15) is 4.79 Å². The summed E-state index contributed by atoms with van der Waals surface area (Å²) in [7, 11) is 0. The Morgan fingerprint density at radius 1 is 1.05 bits per heavy atom. The van der Waals surface area contributed by atoms with Gasteiger partial charge >= 0.3 is 0 Å². The molecule has 1 atom stereocenters. The maximum atomic E-state index is 12.1. The van der Waals surface area contributed by atoms with Crippen molar-refractivity contribution < 1.29 is 4.79 Å². The van der Waals surface area contributed by atoms with Crippen molar-refractivity contribution >= 4 is 5.91 Å². The molecule has 3 heteroatoms. The van der Waals surface area contributed by atoms with Gasteiger partial charge in [-0.2, -0.15) is 0 Å². The van der Waals surface area contributed by atoms with Crippen LogP contribution in [0.15, 0.2) is 24.3 Å². The van der Waals surface area contributed by atoms with Crippen LogP contribution in [0.4, 0.5) is 0 Å². The molecule has 0 radical (unpaired) electrons. The third-order valence-corrected chi connectivity index (χ3v) is 5.08. The van der Waals surface area contributed by atoms with Crippen LogP contribution in [0.25, 0.3) is 0 Å². The molecule has 0 unspecified atom stereocenters. The van der Waals surface area contributed by atoms with E-state index < -0.39 is 0 Å². The standard InChI is InChI=1S/C17H22N2O/c20-17(14-5-6-14)19-10-8-16(12-19)18-9-7-13-3-1-2-4-15(13)11-18/h1-4,14,16H,5-12H2/t16-/m1/s1. The largest absolute Gasteiger partial charge is 0.341 e. The van der Waals surface area contributed by atoms with Crippen LogP contribution >= 0.6 is 0 Å². The first-order chi connectivity index (χ1) is 9.81. The molecule has 0 N–H and O–H groups in total. The van der Waals surface area contributed by atoms with E-state index in [1.54, 1.807) is 0 Å². The summed E-state index contributed by atoms with van der Waals surface area (Å²) in [5.41, 5.74) is 2.98. The van der Waals surface area contributed by atoms with Crippen LogP contribution in [0.1, 0.15) is 30.4 Å². The van der Waals surface area contributed by atoms with Gasteiger partial charge in [-0.3, -0.25) is 9.69 Å². The van der Waals surface area contributed by atoms with Gasteiger partial charge in [0.1, 0.15) is 0 Å². The number of carbonyl (C=O) groups is 1. The maximum Gasteiger partial charge on any atom is 0.225 e. The second kappa shape index (κ2) is 4.88. The molecule has 1 aliphatic carbocycles. The second-order valence-electron chi connectivity index (χ2n) is 6.49. The van der Waals surface area contributed by atoms with Gasteiger partial charge < -0.3 is 4.90 Å². The van der Waals surface area contributed by atoms with Crippen molar-refractivity contribution in [3.8, 4) is 0 Å². The molecule has 1 aromatic carbocycles. The Morgan fingerprint density at radius 2 is 1.85 bits per heavy atom. The van der Waals surface area contributed by atoms with Gasteiger partial charge in [0.25, 0.3) is 0 Å². The van der Waals surface area contributed by atoms with E-state index in [1.807, 2.05) is 0 Å². The van der Waals surface area contributed by atoms with E-state index >= 15 is 0 Å². The summed E-state index contributed by atoms with van der Waals surface area (Å²) in [5, 5.41) is 0. The highest BCUT2D eigenvalue weighted by molar-refractivity contribution is 5.81. The Kier molecular flexibility index (Phi) is 3.03. The number of hydrogen-bond acceptors (Lipinski definition) is 2. The van der Waals surface area contributed by atoms with Gasteiger partial charge in [-0.1, -0.05) is 24.3 Å². The van der Waals surface area contributed by atoms with Crippen LogP contribution < -0.4 is 0 Å². The number of rotatable bonds is 2. The average Bonchev–Trinajstić information content (AvgIpc) is 3.23. The molecule has 1 aromatic rings. The minimum Gasteiger partial charge on any atom is -0.341 e. The molecule has 1 saturated carbocycles. The third-order valence-electron chi connectivity index (χ3n) is 5.08. The number of nitrogens with zero attached hydrogens (tertiary/aromatic N) is 2. The first kappa shape index (κ1) is 12.4. The Bertz CT molecular complexity index is 523. The van der Waals surface area contributed by atoms with Gasteiger partial charge in [-0.25, -0.2) is 0 Å². The number of benzene rings is 1. The second-order valence-corrected chi connectivity index (χ2v) is 6.49. The molecule has 0 aromatic heterocycles. The van der Waals surface area contributed by atoms with Crippen LogP contribution in [0.5, 0.6) is 0 Å². The van der Waals surface area contributed by atoms with E-state index in [0.29, 0.717) is 17.9 Å². The highest BCUT2D eigenvalue weighted by atomic mass is 16.2. The Morgan fingerprint density at radius 3 is 2.65 bits per heavy atom. The van der Waals surface area contributed by atoms with Crippen LogP contribution in [-0.4, -0.2) is 41.4 Å². The first-order valence-electron chi connectivity index (χ1n) is 7.91. The zero-order valence-electron chi connectivity index (χ0n) is 11.9. The van der Waals surface area contributed by atoms with E-state index in [4.69, 9.17) is 0 Å². The molecule has 4 rings (SSSR count). The van der Waals surface area contributed by atoms with Gasteiger partial charge in [0, 0.05) is 38.1 Å². The normalized spacial score (nSPS) is 26.6. The van der Waals surface area contributed by atoms with Crippen molar-refractivity contribution in [1.82, 2.24) is 9.80 Å². The monoisotopic (exact) mass is 270 g/mol. The lowest BCUT2D eigenvalue weighted by atomic mass is 9.98. The number of amides is 1. The molecule has 3 aliphatic rings. The van der Waals surface area contributed by atoms with Crippen molar-refractivity contribution in [2.45, 2.75) is 38.3 Å². The topological polar surface area (TPSA) is 23.6 Å². The molecule has 106 valence electrons. The Hall–Kier alpha value is -1.35. The molecule has 20 heavy (non-hydrogen) atoms. The number of carbonyl (C=O) groups excluding carboxylic acids is 1. The molecule has 2 aliphatic heterocycles. The SMILES string of the molecule is O=C(C1CC1)N1CC[C@@H](N2CCc3ccccc3C2)C1. The molecular formula is C17H22N2O. The zero-order valence-corrected chi connectivity index (χ0v) is 11.9. The van der Waals surface area contributed by atoms with Crippen molar-refractivity contribution in [2.75, 3.05) is 19.6 Å². The fourth-order valence-corrected chi connectivity index (χ4v) is 3.66. The van der Waals surface area contributed by atoms with E-state index in [2.05, 4.69) is 34.1 Å². The van der Waals surface area contributed by atoms with Crippen molar-refractivity contribution in [3.63, 3.8) is 0 Å². The highest BCUT2D eigenvalue weighted by Crippen LogP contribution is 2.33. The molecule has 3 nitrogen and oxygen atoms in total. The minimum atomic E-state index is 0.371. The van der Waals surface area contributed by atoms with E-state index in [0.717, 1.165) is 51.9 Å². The summed E-state index contributed by atoms with van der Waals surface area (Å²) in [4.78, 5) is 16.8. The minimum absolute atomic E-state index is 0.371. The Labute approximate surface area is 120 Å². The molecule has 0 spiro atoms. The lowest BCUT2D eigenvalue weighted by Gasteiger charge is -2.33. The first-order valence-corrected chi connectivity index (χ1v) is 7.91. The summed E-state index contributed by atoms with van der Waals surface area (Å²) < 4.78 is 0. The molecule has 1 amide bonds. The van der Waals surface area contributed by atoms with Crippen LogP contribution in [0.2, 0.25) is 0 Å². The summed E-state index contributed by atoms with van der Waals surface area (Å²) in [5.74, 6) is 0.792. The van der Waals surface area contributed by atoms with Gasteiger partial charge in [0.2, 0.25) is 5.91 Å². The Balaban J connectivity index is 1.41. The van der Waals surface area contributed by atoms with Crippen LogP contribution in [-0.2, 0) is 17.8 Å². The quantitative estimate of drug-likeness (QED) is 0.821. The number of hydrogen-bond donors (Lipinski definition) is 0. The summed E-state index contributed by atoms with van der Waals surface area (Å²) in [6.45, 7) is 4.13. The fourth-order valence-electron chi connectivity index (χ4n) is 3.66. The lowest BCUT2D eigenvalue weighted by molar-refractivity contribution is -0.131. The van der Waals surface area contributed by atoms with Gasteiger partial charge in [-0.05, 0) is 36.8 Å². The van der Waals surface area contributed by atoms with Gasteiger partial charge in [0.05, 0.1) is 0 Å². The van der Waals surface area contributed by atoms with Crippen LogP contribution in [0, 0.1) is 5.92 Å².